The van der Waals surface area contributed by atoms with Crippen LogP contribution in [0.1, 0.15) is 53.9 Å². The maximum Gasteiger partial charge on any atom is 0.254 e. The quantitative estimate of drug-likeness (QED) is 0.885. The van der Waals surface area contributed by atoms with Crippen molar-refractivity contribution in [2.24, 2.45) is 5.41 Å². The second-order valence-electron chi connectivity index (χ2n) is 8.32. The van der Waals surface area contributed by atoms with E-state index in [0.717, 1.165) is 64.0 Å². The molecule has 0 radical (unpaired) electrons. The molecule has 3 aliphatic rings. The van der Waals surface area contributed by atoms with Gasteiger partial charge >= 0.3 is 0 Å². The lowest BCUT2D eigenvalue weighted by atomic mass is 9.72. The number of benzene rings is 1. The van der Waals surface area contributed by atoms with Crippen LogP contribution in [0.15, 0.2) is 24.3 Å². The molecule has 5 nitrogen and oxygen atoms in total. The number of nitrogens with one attached hydrogen (secondary N) is 1. The predicted molar refractivity (Wildman–Crippen MR) is 101 cm³/mol. The van der Waals surface area contributed by atoms with Crippen molar-refractivity contribution in [2.45, 2.75) is 38.0 Å². The molecule has 3 fully saturated rings. The molecule has 5 heteroatoms. The molecule has 3 heterocycles. The van der Waals surface area contributed by atoms with Gasteiger partial charge in [0, 0.05) is 45.2 Å². The maximum atomic E-state index is 13.2. The summed E-state index contributed by atoms with van der Waals surface area (Å²) in [4.78, 5) is 28.9. The van der Waals surface area contributed by atoms with Crippen molar-refractivity contribution < 1.29 is 9.59 Å². The largest absolute Gasteiger partial charge is 0.345 e. The molecule has 1 N–H and O–H groups in total. The smallest absolute Gasteiger partial charge is 0.254 e. The van der Waals surface area contributed by atoms with Crippen LogP contribution in [0.25, 0.3) is 0 Å². The van der Waals surface area contributed by atoms with Gasteiger partial charge in [0.1, 0.15) is 0 Å². The monoisotopic (exact) mass is 355 g/mol. The normalized spacial score (nSPS) is 25.7. The van der Waals surface area contributed by atoms with Gasteiger partial charge < -0.3 is 15.1 Å². The Morgan fingerprint density at radius 3 is 2.65 bits per heavy atom. The second kappa shape index (κ2) is 7.03. The number of likely N-dealkylation sites (tertiary alicyclic amines) is 2. The topological polar surface area (TPSA) is 52.7 Å². The van der Waals surface area contributed by atoms with Crippen LogP contribution in [-0.4, -0.2) is 61.4 Å². The van der Waals surface area contributed by atoms with Crippen LogP contribution in [0.5, 0.6) is 0 Å². The fraction of sp³-hybridized carbons (Fsp3) is 0.619. The first-order valence-electron chi connectivity index (χ1n) is 9.91. The third-order valence-electron chi connectivity index (χ3n) is 6.67. The standard InChI is InChI=1S/C21H29N3O2/c1-23-15-21(8-6-19(23)25)9-12-24(13-10-21)20(26)18-5-3-2-4-17(18)16-7-11-22-14-16/h2-5,16,22H,6-15H2,1H3/t16-/m1/s1. The summed E-state index contributed by atoms with van der Waals surface area (Å²) >= 11 is 0. The molecule has 0 unspecified atom stereocenters. The van der Waals surface area contributed by atoms with Crippen molar-refractivity contribution in [3.63, 3.8) is 0 Å². The third kappa shape index (κ3) is 3.25. The fourth-order valence-electron chi connectivity index (χ4n) is 4.96. The van der Waals surface area contributed by atoms with Gasteiger partial charge in [-0.3, -0.25) is 9.59 Å². The summed E-state index contributed by atoms with van der Waals surface area (Å²) in [7, 11) is 1.91. The van der Waals surface area contributed by atoms with Crippen LogP contribution in [0, 0.1) is 5.41 Å². The Kier molecular flexibility index (Phi) is 4.74. The summed E-state index contributed by atoms with van der Waals surface area (Å²) in [5.74, 6) is 0.889. The molecule has 26 heavy (non-hydrogen) atoms. The molecule has 3 saturated heterocycles. The van der Waals surface area contributed by atoms with Gasteiger partial charge in [-0.15, -0.1) is 0 Å². The van der Waals surface area contributed by atoms with Gasteiger partial charge in [0.2, 0.25) is 5.91 Å². The molecule has 0 aliphatic carbocycles. The first kappa shape index (κ1) is 17.5. The first-order chi connectivity index (χ1) is 12.6. The van der Waals surface area contributed by atoms with Gasteiger partial charge in [-0.1, -0.05) is 18.2 Å². The molecule has 1 aromatic rings. The highest BCUT2D eigenvalue weighted by Gasteiger charge is 2.41. The summed E-state index contributed by atoms with van der Waals surface area (Å²) in [5, 5.41) is 3.41. The van der Waals surface area contributed by atoms with Gasteiger partial charge in [-0.05, 0) is 55.2 Å². The van der Waals surface area contributed by atoms with E-state index in [-0.39, 0.29) is 17.2 Å². The summed E-state index contributed by atoms with van der Waals surface area (Å²) in [6.45, 7) is 4.45. The van der Waals surface area contributed by atoms with E-state index in [9.17, 15) is 9.59 Å². The van der Waals surface area contributed by atoms with E-state index in [4.69, 9.17) is 0 Å². The van der Waals surface area contributed by atoms with Gasteiger partial charge in [0.05, 0.1) is 0 Å². The van der Waals surface area contributed by atoms with E-state index in [1.165, 1.54) is 5.56 Å². The predicted octanol–water partition coefficient (Wildman–Crippen LogP) is 2.24. The molecule has 3 aliphatic heterocycles. The number of carbonyl (C=O) groups excluding carboxylic acids is 2. The highest BCUT2D eigenvalue weighted by atomic mass is 16.2. The lowest BCUT2D eigenvalue weighted by Gasteiger charge is -2.46. The molecule has 0 saturated carbocycles. The summed E-state index contributed by atoms with van der Waals surface area (Å²) in [5.41, 5.74) is 2.30. The van der Waals surface area contributed by atoms with E-state index in [2.05, 4.69) is 11.4 Å². The zero-order chi connectivity index (χ0) is 18.1. The highest BCUT2D eigenvalue weighted by Crippen LogP contribution is 2.40. The van der Waals surface area contributed by atoms with Crippen molar-refractivity contribution in [1.29, 1.82) is 0 Å². The Labute approximate surface area is 155 Å². The van der Waals surface area contributed by atoms with E-state index >= 15 is 0 Å². The maximum absolute atomic E-state index is 13.2. The van der Waals surface area contributed by atoms with Gasteiger partial charge in [0.15, 0.2) is 0 Å². The van der Waals surface area contributed by atoms with Crippen LogP contribution in [-0.2, 0) is 4.79 Å². The number of amides is 2. The number of hydrogen-bond donors (Lipinski definition) is 1. The zero-order valence-electron chi connectivity index (χ0n) is 15.7. The molecule has 1 spiro atoms. The Morgan fingerprint density at radius 1 is 1.19 bits per heavy atom. The third-order valence-corrected chi connectivity index (χ3v) is 6.67. The highest BCUT2D eigenvalue weighted by molar-refractivity contribution is 5.96. The molecule has 1 aromatic carbocycles. The average Bonchev–Trinajstić information content (AvgIpc) is 3.20. The second-order valence-corrected chi connectivity index (χ2v) is 8.32. The van der Waals surface area contributed by atoms with E-state index < -0.39 is 0 Å². The van der Waals surface area contributed by atoms with E-state index in [1.54, 1.807) is 0 Å². The molecule has 140 valence electrons. The van der Waals surface area contributed by atoms with E-state index in [1.807, 2.05) is 35.0 Å². The Balaban J connectivity index is 1.45. The molecular formula is C21H29N3O2. The number of nitrogens with zero attached hydrogens (tertiary/aromatic N) is 2. The Hall–Kier alpha value is -1.88. The minimum absolute atomic E-state index is 0.183. The van der Waals surface area contributed by atoms with E-state index in [0.29, 0.717) is 12.3 Å². The molecule has 4 rings (SSSR count). The fourth-order valence-corrected chi connectivity index (χ4v) is 4.96. The van der Waals surface area contributed by atoms with Crippen molar-refractivity contribution in [1.82, 2.24) is 15.1 Å². The SMILES string of the molecule is CN1CC2(CCC1=O)CCN(C(=O)c1ccccc1[C@@H]1CCNC1)CC2. The van der Waals surface area contributed by atoms with Gasteiger partial charge in [0.25, 0.3) is 5.91 Å². The number of rotatable bonds is 2. The zero-order valence-corrected chi connectivity index (χ0v) is 15.7. The van der Waals surface area contributed by atoms with Crippen LogP contribution in [0.3, 0.4) is 0 Å². The lowest BCUT2D eigenvalue weighted by Crippen LogP contribution is -2.51. The molecule has 1 atom stereocenters. The average molecular weight is 355 g/mol. The minimum atomic E-state index is 0.183. The summed E-state index contributed by atoms with van der Waals surface area (Å²) in [6, 6.07) is 8.14. The van der Waals surface area contributed by atoms with Crippen LogP contribution >= 0.6 is 0 Å². The van der Waals surface area contributed by atoms with Crippen molar-refractivity contribution in [3.8, 4) is 0 Å². The van der Waals surface area contributed by atoms with Crippen LogP contribution in [0.4, 0.5) is 0 Å². The molecule has 0 bridgehead atoms. The lowest BCUT2D eigenvalue weighted by molar-refractivity contribution is -0.137. The summed E-state index contributed by atoms with van der Waals surface area (Å²) in [6.07, 6.45) is 4.74. The van der Waals surface area contributed by atoms with Gasteiger partial charge in [-0.25, -0.2) is 0 Å². The van der Waals surface area contributed by atoms with Crippen molar-refractivity contribution in [2.75, 3.05) is 39.8 Å². The Morgan fingerprint density at radius 2 is 1.96 bits per heavy atom. The molecular weight excluding hydrogens is 326 g/mol. The Bertz CT molecular complexity index is 688. The number of carbonyl (C=O) groups is 2. The summed E-state index contributed by atoms with van der Waals surface area (Å²) < 4.78 is 0. The van der Waals surface area contributed by atoms with Crippen molar-refractivity contribution in [3.05, 3.63) is 35.4 Å². The van der Waals surface area contributed by atoms with Gasteiger partial charge in [-0.2, -0.15) is 0 Å². The molecule has 2 amide bonds. The van der Waals surface area contributed by atoms with Crippen molar-refractivity contribution >= 4 is 11.8 Å². The number of hydrogen-bond acceptors (Lipinski definition) is 3. The first-order valence-corrected chi connectivity index (χ1v) is 9.91. The van der Waals surface area contributed by atoms with Crippen LogP contribution < -0.4 is 5.32 Å². The minimum Gasteiger partial charge on any atom is -0.345 e. The van der Waals surface area contributed by atoms with Crippen LogP contribution in [0.2, 0.25) is 0 Å². The molecule has 0 aromatic heterocycles. The number of piperidine rings is 2.